The second kappa shape index (κ2) is 5.50. The monoisotopic (exact) mass is 249 g/mol. The molecule has 0 aliphatic heterocycles. The Balaban J connectivity index is 1.87. The summed E-state index contributed by atoms with van der Waals surface area (Å²) in [6, 6.07) is 7.18. The van der Waals surface area contributed by atoms with Gasteiger partial charge in [0.2, 0.25) is 0 Å². The van der Waals surface area contributed by atoms with Crippen LogP contribution in [0.15, 0.2) is 36.7 Å². The Labute approximate surface area is 104 Å². The Hall–Kier alpha value is -1.81. The average Bonchev–Trinajstić information content (AvgIpc) is 2.29. The summed E-state index contributed by atoms with van der Waals surface area (Å²) in [5.41, 5.74) is 1.06. The lowest BCUT2D eigenvalue weighted by Gasteiger charge is -2.05. The second-order valence-corrected chi connectivity index (χ2v) is 3.96. The molecule has 1 aromatic carbocycles. The number of halogens is 1. The van der Waals surface area contributed by atoms with Gasteiger partial charge in [-0.05, 0) is 24.1 Å². The molecule has 0 spiro atoms. The molecule has 1 aromatic heterocycles. The fraction of sp³-hybridized carbons (Fsp3) is 0.167. The maximum atomic E-state index is 9.31. The van der Waals surface area contributed by atoms with Crippen molar-refractivity contribution in [3.63, 3.8) is 0 Å². The number of benzene rings is 1. The number of phenols is 1. The average molecular weight is 250 g/mol. The summed E-state index contributed by atoms with van der Waals surface area (Å²) in [4.78, 5) is 7.99. The Bertz CT molecular complexity index is 459. The number of rotatable bonds is 4. The summed E-state index contributed by atoms with van der Waals surface area (Å²) in [7, 11) is 0. The highest BCUT2D eigenvalue weighted by molar-refractivity contribution is 6.29. The first kappa shape index (κ1) is 11.7. The summed E-state index contributed by atoms with van der Waals surface area (Å²) in [5, 5.41) is 12.8. The SMILES string of the molecule is Oc1cccc(CCNc2cncc(Cl)n2)c1. The predicted molar refractivity (Wildman–Crippen MR) is 67.3 cm³/mol. The molecule has 0 saturated heterocycles. The van der Waals surface area contributed by atoms with Crippen molar-refractivity contribution in [1.82, 2.24) is 9.97 Å². The smallest absolute Gasteiger partial charge is 0.149 e. The molecular weight excluding hydrogens is 238 g/mol. The van der Waals surface area contributed by atoms with Gasteiger partial charge in [0.1, 0.15) is 16.7 Å². The van der Waals surface area contributed by atoms with Crippen molar-refractivity contribution >= 4 is 17.4 Å². The summed E-state index contributed by atoms with van der Waals surface area (Å²) in [6.07, 6.45) is 3.90. The van der Waals surface area contributed by atoms with Crippen LogP contribution in [0.1, 0.15) is 5.56 Å². The van der Waals surface area contributed by atoms with Gasteiger partial charge >= 0.3 is 0 Å². The molecule has 0 unspecified atom stereocenters. The van der Waals surface area contributed by atoms with Crippen molar-refractivity contribution in [2.45, 2.75) is 6.42 Å². The van der Waals surface area contributed by atoms with Crippen molar-refractivity contribution in [2.75, 3.05) is 11.9 Å². The Morgan fingerprint density at radius 2 is 2.18 bits per heavy atom. The highest BCUT2D eigenvalue weighted by atomic mass is 35.5. The molecule has 17 heavy (non-hydrogen) atoms. The van der Waals surface area contributed by atoms with Crippen LogP contribution >= 0.6 is 11.6 Å². The van der Waals surface area contributed by atoms with Crippen LogP contribution in [-0.2, 0) is 6.42 Å². The van der Waals surface area contributed by atoms with Crippen LogP contribution in [0.25, 0.3) is 0 Å². The van der Waals surface area contributed by atoms with E-state index in [0.717, 1.165) is 12.0 Å². The van der Waals surface area contributed by atoms with Crippen molar-refractivity contribution in [3.8, 4) is 5.75 Å². The maximum Gasteiger partial charge on any atom is 0.149 e. The van der Waals surface area contributed by atoms with Crippen LogP contribution in [0.4, 0.5) is 5.82 Å². The first-order chi connectivity index (χ1) is 8.24. The van der Waals surface area contributed by atoms with Crippen molar-refractivity contribution in [1.29, 1.82) is 0 Å². The standard InChI is InChI=1S/C12H12ClN3O/c13-11-7-14-8-12(16-11)15-5-4-9-2-1-3-10(17)6-9/h1-3,6-8,17H,4-5H2,(H,15,16). The van der Waals surface area contributed by atoms with Gasteiger partial charge in [-0.2, -0.15) is 0 Å². The van der Waals surface area contributed by atoms with Gasteiger partial charge in [0.25, 0.3) is 0 Å². The summed E-state index contributed by atoms with van der Waals surface area (Å²) >= 11 is 5.71. The number of hydrogen-bond acceptors (Lipinski definition) is 4. The van der Waals surface area contributed by atoms with E-state index >= 15 is 0 Å². The van der Waals surface area contributed by atoms with Gasteiger partial charge in [-0.15, -0.1) is 0 Å². The second-order valence-electron chi connectivity index (χ2n) is 3.57. The summed E-state index contributed by atoms with van der Waals surface area (Å²) in [6.45, 7) is 0.707. The lowest BCUT2D eigenvalue weighted by Crippen LogP contribution is -2.06. The normalized spacial score (nSPS) is 10.2. The van der Waals surface area contributed by atoms with E-state index in [9.17, 15) is 5.11 Å². The molecular formula is C12H12ClN3O. The molecule has 5 heteroatoms. The van der Waals surface area contributed by atoms with Crippen molar-refractivity contribution in [3.05, 3.63) is 47.4 Å². The topological polar surface area (TPSA) is 58.0 Å². The van der Waals surface area contributed by atoms with Gasteiger partial charge in [-0.25, -0.2) is 4.98 Å². The van der Waals surface area contributed by atoms with Gasteiger partial charge in [-0.3, -0.25) is 4.98 Å². The molecule has 88 valence electrons. The van der Waals surface area contributed by atoms with E-state index in [1.807, 2.05) is 12.1 Å². The molecule has 0 aliphatic rings. The molecule has 0 saturated carbocycles. The molecule has 0 radical (unpaired) electrons. The third kappa shape index (κ3) is 3.60. The molecule has 0 fully saturated rings. The van der Waals surface area contributed by atoms with Crippen LogP contribution in [0.2, 0.25) is 5.15 Å². The van der Waals surface area contributed by atoms with Crippen molar-refractivity contribution < 1.29 is 5.11 Å². The third-order valence-electron chi connectivity index (χ3n) is 2.24. The molecule has 1 heterocycles. The Morgan fingerprint density at radius 1 is 1.29 bits per heavy atom. The zero-order valence-electron chi connectivity index (χ0n) is 9.10. The van der Waals surface area contributed by atoms with Crippen molar-refractivity contribution in [2.24, 2.45) is 0 Å². The van der Waals surface area contributed by atoms with Crippen LogP contribution in [0.5, 0.6) is 5.75 Å². The predicted octanol–water partition coefficient (Wildman–Crippen LogP) is 2.49. The fourth-order valence-electron chi connectivity index (χ4n) is 1.47. The molecule has 0 aliphatic carbocycles. The highest BCUT2D eigenvalue weighted by Gasteiger charge is 1.97. The highest BCUT2D eigenvalue weighted by Crippen LogP contribution is 2.12. The number of anilines is 1. The molecule has 0 atom stereocenters. The van der Waals surface area contributed by atoms with E-state index in [2.05, 4.69) is 15.3 Å². The molecule has 4 nitrogen and oxygen atoms in total. The van der Waals surface area contributed by atoms with Crippen LogP contribution < -0.4 is 5.32 Å². The van der Waals surface area contributed by atoms with Gasteiger partial charge < -0.3 is 10.4 Å². The number of phenolic OH excluding ortho intramolecular Hbond substituents is 1. The molecule has 2 aromatic rings. The Morgan fingerprint density at radius 3 is 2.94 bits per heavy atom. The first-order valence-electron chi connectivity index (χ1n) is 5.23. The minimum atomic E-state index is 0.282. The van der Waals surface area contributed by atoms with E-state index in [4.69, 9.17) is 11.6 Å². The quantitative estimate of drug-likeness (QED) is 0.874. The zero-order valence-corrected chi connectivity index (χ0v) is 9.85. The van der Waals surface area contributed by atoms with E-state index in [0.29, 0.717) is 17.5 Å². The number of nitrogens with one attached hydrogen (secondary N) is 1. The van der Waals surface area contributed by atoms with Gasteiger partial charge in [0.05, 0.1) is 12.4 Å². The summed E-state index contributed by atoms with van der Waals surface area (Å²) < 4.78 is 0. The lowest BCUT2D eigenvalue weighted by atomic mass is 10.1. The number of aromatic hydroxyl groups is 1. The molecule has 0 bridgehead atoms. The first-order valence-corrected chi connectivity index (χ1v) is 5.61. The molecule has 2 N–H and O–H groups in total. The van der Waals surface area contributed by atoms with E-state index in [1.54, 1.807) is 18.3 Å². The summed E-state index contributed by atoms with van der Waals surface area (Å²) in [5.74, 6) is 0.933. The number of nitrogens with zero attached hydrogens (tertiary/aromatic N) is 2. The zero-order chi connectivity index (χ0) is 12.1. The minimum Gasteiger partial charge on any atom is -0.508 e. The Kier molecular flexibility index (Phi) is 3.77. The number of hydrogen-bond donors (Lipinski definition) is 2. The van der Waals surface area contributed by atoms with E-state index in [1.165, 1.54) is 6.20 Å². The fourth-order valence-corrected chi connectivity index (χ4v) is 1.62. The lowest BCUT2D eigenvalue weighted by molar-refractivity contribution is 0.474. The van der Waals surface area contributed by atoms with Gasteiger partial charge in [0.15, 0.2) is 0 Å². The van der Waals surface area contributed by atoms with Gasteiger partial charge in [-0.1, -0.05) is 23.7 Å². The van der Waals surface area contributed by atoms with Crippen LogP contribution in [0, 0.1) is 0 Å². The largest absolute Gasteiger partial charge is 0.508 e. The van der Waals surface area contributed by atoms with Crippen LogP contribution in [-0.4, -0.2) is 21.6 Å². The van der Waals surface area contributed by atoms with Crippen LogP contribution in [0.3, 0.4) is 0 Å². The molecule has 2 rings (SSSR count). The van der Waals surface area contributed by atoms with Gasteiger partial charge in [0, 0.05) is 6.54 Å². The number of aromatic nitrogens is 2. The van der Waals surface area contributed by atoms with E-state index in [-0.39, 0.29) is 5.75 Å². The minimum absolute atomic E-state index is 0.282. The third-order valence-corrected chi connectivity index (χ3v) is 2.42. The van der Waals surface area contributed by atoms with E-state index < -0.39 is 0 Å². The molecule has 0 amide bonds. The maximum absolute atomic E-state index is 9.31.